The number of likely N-dealkylation sites (N-methyl/N-ethyl adjacent to an activating group) is 1. The molecule has 0 radical (unpaired) electrons. The summed E-state index contributed by atoms with van der Waals surface area (Å²) in [5.41, 5.74) is -0.331. The van der Waals surface area contributed by atoms with Gasteiger partial charge in [-0.05, 0) is 37.0 Å². The molecule has 1 unspecified atom stereocenters. The van der Waals surface area contributed by atoms with Crippen LogP contribution in [0.25, 0.3) is 0 Å². The number of esters is 1. The number of carbonyl (C=O) groups is 1. The lowest BCUT2D eigenvalue weighted by Crippen LogP contribution is -2.49. The molecular formula is C28H37NO6S. The standard InChI is InChI=1S/C21H30NO3.C7H8O3S/c1-22(2)17-12-13-18(22)19(14-17)25-20(23)21(24,16-10-6-7-11-16)15-8-4-3-5-9-15;1-6-4-2-3-5-7(6)11(8,9)10/h3-5,8-9,16-19,24H,6-7,10-14H2,1-2H3;2-5H,1H3,(H,8,9,10)/q+1;/p-1/t17?,18-,19+,21-;/m1./s1. The van der Waals surface area contributed by atoms with Crippen molar-refractivity contribution in [1.29, 1.82) is 0 Å². The highest BCUT2D eigenvalue weighted by Gasteiger charge is 2.58. The third kappa shape index (κ3) is 5.09. The first kappa shape index (κ1) is 26.8. The highest BCUT2D eigenvalue weighted by atomic mass is 32.2. The second-order valence-electron chi connectivity index (χ2n) is 10.9. The van der Waals surface area contributed by atoms with E-state index in [0.717, 1.165) is 43.0 Å². The van der Waals surface area contributed by atoms with Crippen LogP contribution < -0.4 is 0 Å². The number of benzene rings is 2. The molecule has 3 fully saturated rings. The van der Waals surface area contributed by atoms with Crippen LogP contribution in [0.2, 0.25) is 0 Å². The van der Waals surface area contributed by atoms with Gasteiger partial charge in [0.25, 0.3) is 0 Å². The predicted molar refractivity (Wildman–Crippen MR) is 135 cm³/mol. The summed E-state index contributed by atoms with van der Waals surface area (Å²) in [6.07, 6.45) is 7.13. The maximum Gasteiger partial charge on any atom is 0.343 e. The quantitative estimate of drug-likeness (QED) is 0.368. The van der Waals surface area contributed by atoms with Crippen molar-refractivity contribution in [2.45, 2.75) is 80.6 Å². The van der Waals surface area contributed by atoms with E-state index in [1.165, 1.54) is 18.6 Å². The summed E-state index contributed by atoms with van der Waals surface area (Å²) in [5.74, 6) is -0.466. The minimum absolute atomic E-state index is 0.0384. The molecule has 4 atom stereocenters. The Bertz CT molecular complexity index is 1180. The van der Waals surface area contributed by atoms with Gasteiger partial charge in [-0.25, -0.2) is 13.2 Å². The lowest BCUT2D eigenvalue weighted by Gasteiger charge is -2.35. The van der Waals surface area contributed by atoms with Crippen LogP contribution in [0.3, 0.4) is 0 Å². The highest BCUT2D eigenvalue weighted by molar-refractivity contribution is 7.85. The van der Waals surface area contributed by atoms with Gasteiger partial charge >= 0.3 is 5.97 Å². The predicted octanol–water partition coefficient (Wildman–Crippen LogP) is 3.89. The van der Waals surface area contributed by atoms with Crippen molar-refractivity contribution >= 4 is 16.1 Å². The summed E-state index contributed by atoms with van der Waals surface area (Å²) in [7, 11) is 0.210. The summed E-state index contributed by atoms with van der Waals surface area (Å²) in [6, 6.07) is 16.5. The van der Waals surface area contributed by atoms with E-state index in [0.29, 0.717) is 23.2 Å². The molecule has 2 aliphatic heterocycles. The van der Waals surface area contributed by atoms with E-state index < -0.39 is 21.7 Å². The zero-order valence-corrected chi connectivity index (χ0v) is 22.1. The smallest absolute Gasteiger partial charge is 0.343 e. The number of quaternary nitrogens is 1. The van der Waals surface area contributed by atoms with Gasteiger partial charge < -0.3 is 18.9 Å². The Morgan fingerprint density at radius 2 is 1.61 bits per heavy atom. The van der Waals surface area contributed by atoms with Crippen molar-refractivity contribution in [2.24, 2.45) is 5.92 Å². The van der Waals surface area contributed by atoms with Crippen LogP contribution in [0, 0.1) is 12.8 Å². The first-order valence-electron chi connectivity index (χ1n) is 12.8. The fourth-order valence-corrected chi connectivity index (χ4v) is 7.18. The number of hydrogen-bond donors (Lipinski definition) is 1. The second-order valence-corrected chi connectivity index (χ2v) is 12.3. The van der Waals surface area contributed by atoms with Crippen LogP contribution in [-0.4, -0.2) is 60.8 Å². The molecule has 196 valence electrons. The van der Waals surface area contributed by atoms with Crippen molar-refractivity contribution in [3.63, 3.8) is 0 Å². The molecule has 8 heteroatoms. The summed E-state index contributed by atoms with van der Waals surface area (Å²) in [5, 5.41) is 11.5. The van der Waals surface area contributed by atoms with Gasteiger partial charge in [-0.3, -0.25) is 0 Å². The molecule has 1 N–H and O–H groups in total. The van der Waals surface area contributed by atoms with Gasteiger partial charge in [0.05, 0.1) is 25.0 Å². The van der Waals surface area contributed by atoms with Gasteiger partial charge in [0.1, 0.15) is 16.2 Å². The minimum Gasteiger partial charge on any atom is -0.744 e. The zero-order valence-electron chi connectivity index (χ0n) is 21.3. The van der Waals surface area contributed by atoms with Crippen LogP contribution in [0.4, 0.5) is 0 Å². The lowest BCUT2D eigenvalue weighted by molar-refractivity contribution is -0.913. The second kappa shape index (κ2) is 10.2. The number of nitrogens with zero attached hydrogens (tertiary/aromatic N) is 1. The van der Waals surface area contributed by atoms with Crippen LogP contribution in [0.15, 0.2) is 59.5 Å². The molecule has 1 aliphatic carbocycles. The Morgan fingerprint density at radius 3 is 2.11 bits per heavy atom. The summed E-state index contributed by atoms with van der Waals surface area (Å²) < 4.78 is 38.5. The molecule has 0 amide bonds. The van der Waals surface area contributed by atoms with Gasteiger partial charge in [0.15, 0.2) is 11.7 Å². The van der Waals surface area contributed by atoms with E-state index in [1.807, 2.05) is 30.3 Å². The van der Waals surface area contributed by atoms with Crippen molar-refractivity contribution < 1.29 is 32.1 Å². The molecule has 3 aliphatic rings. The maximum atomic E-state index is 13.2. The highest BCUT2D eigenvalue weighted by Crippen LogP contribution is 2.46. The largest absolute Gasteiger partial charge is 0.744 e. The summed E-state index contributed by atoms with van der Waals surface area (Å²) in [4.78, 5) is 13.1. The monoisotopic (exact) mass is 515 g/mol. The van der Waals surface area contributed by atoms with Gasteiger partial charge in [0.2, 0.25) is 0 Å². The number of rotatable bonds is 5. The number of aryl methyl sites for hydroxylation is 1. The number of carbonyl (C=O) groups excluding carboxylic acids is 1. The topological polar surface area (TPSA) is 104 Å². The summed E-state index contributed by atoms with van der Waals surface area (Å²) >= 11 is 0. The van der Waals surface area contributed by atoms with Crippen molar-refractivity contribution in [2.75, 3.05) is 14.1 Å². The Balaban J connectivity index is 0.000000233. The van der Waals surface area contributed by atoms with E-state index in [2.05, 4.69) is 14.1 Å². The summed E-state index contributed by atoms with van der Waals surface area (Å²) in [6.45, 7) is 1.59. The third-order valence-electron chi connectivity index (χ3n) is 8.62. The van der Waals surface area contributed by atoms with Gasteiger partial charge in [-0.1, -0.05) is 61.4 Å². The molecule has 7 nitrogen and oxygen atoms in total. The normalized spacial score (nSPS) is 26.6. The van der Waals surface area contributed by atoms with E-state index in [4.69, 9.17) is 4.74 Å². The molecule has 2 aromatic rings. The molecule has 0 aromatic heterocycles. The molecule has 36 heavy (non-hydrogen) atoms. The lowest BCUT2D eigenvalue weighted by atomic mass is 9.80. The van der Waals surface area contributed by atoms with Crippen molar-refractivity contribution in [3.05, 3.63) is 65.7 Å². The van der Waals surface area contributed by atoms with Gasteiger partial charge in [0, 0.05) is 25.2 Å². The molecule has 2 saturated heterocycles. The first-order valence-corrected chi connectivity index (χ1v) is 14.2. The molecule has 1 saturated carbocycles. The number of hydrogen-bond acceptors (Lipinski definition) is 6. The minimum atomic E-state index is -4.28. The average Bonchev–Trinajstić information content (AvgIpc) is 3.53. The molecule has 0 spiro atoms. The van der Waals surface area contributed by atoms with E-state index >= 15 is 0 Å². The molecule has 2 heterocycles. The van der Waals surface area contributed by atoms with Crippen LogP contribution in [0.1, 0.15) is 56.1 Å². The van der Waals surface area contributed by atoms with E-state index in [9.17, 15) is 22.9 Å². The van der Waals surface area contributed by atoms with Crippen LogP contribution in [-0.2, 0) is 25.3 Å². The Kier molecular flexibility index (Phi) is 7.62. The SMILES string of the molecule is C[N+]1(C)C2CC[C@@H]1[C@@H](OC(=O)[C@@](O)(c1ccccc1)C1CCCC1)C2.Cc1ccccc1S(=O)(=O)[O-]. The Labute approximate surface area is 214 Å². The number of aliphatic hydroxyl groups is 1. The molecule has 5 rings (SSSR count). The van der Waals surface area contributed by atoms with E-state index in [1.54, 1.807) is 19.1 Å². The fraction of sp³-hybridized carbons (Fsp3) is 0.536. The maximum absolute atomic E-state index is 13.2. The van der Waals surface area contributed by atoms with Gasteiger partial charge in [-0.15, -0.1) is 0 Å². The Morgan fingerprint density at radius 1 is 1.00 bits per heavy atom. The van der Waals surface area contributed by atoms with Crippen molar-refractivity contribution in [3.8, 4) is 0 Å². The molecule has 2 bridgehead atoms. The molecule has 2 aromatic carbocycles. The Hall–Kier alpha value is -2.26. The van der Waals surface area contributed by atoms with Crippen molar-refractivity contribution in [1.82, 2.24) is 0 Å². The fourth-order valence-electron chi connectivity index (χ4n) is 6.48. The van der Waals surface area contributed by atoms with Gasteiger partial charge in [-0.2, -0.15) is 0 Å². The zero-order chi connectivity index (χ0) is 26.1. The molecular weight excluding hydrogens is 478 g/mol. The van der Waals surface area contributed by atoms with E-state index in [-0.39, 0.29) is 16.9 Å². The first-order chi connectivity index (χ1) is 17.0. The third-order valence-corrected chi connectivity index (χ3v) is 9.61. The van der Waals surface area contributed by atoms with Crippen LogP contribution >= 0.6 is 0 Å². The van der Waals surface area contributed by atoms with Crippen LogP contribution in [0.5, 0.6) is 0 Å². The average molecular weight is 516 g/mol. The number of ether oxygens (including phenoxy) is 1. The number of fused-ring (bicyclic) bond motifs is 2.